The predicted octanol–water partition coefficient (Wildman–Crippen LogP) is 2.97. The zero-order chi connectivity index (χ0) is 18.0. The highest BCUT2D eigenvalue weighted by molar-refractivity contribution is 5.64. The highest BCUT2D eigenvalue weighted by Crippen LogP contribution is 2.23. The second kappa shape index (κ2) is 6.94. The molecule has 5 nitrogen and oxygen atoms in total. The molecule has 0 atom stereocenters. The number of nitrogens with zero attached hydrogens (tertiary/aromatic N) is 2. The fourth-order valence-electron chi connectivity index (χ4n) is 2.66. The summed E-state index contributed by atoms with van der Waals surface area (Å²) in [5.74, 6) is 0.428. The second-order valence-corrected chi connectivity index (χ2v) is 5.97. The first-order valence-corrected chi connectivity index (χ1v) is 7.97. The summed E-state index contributed by atoms with van der Waals surface area (Å²) >= 11 is 0. The van der Waals surface area contributed by atoms with Gasteiger partial charge in [-0.25, -0.2) is 14.2 Å². The van der Waals surface area contributed by atoms with Crippen LogP contribution in [0.2, 0.25) is 0 Å². The van der Waals surface area contributed by atoms with Gasteiger partial charge in [0.1, 0.15) is 11.6 Å². The third-order valence-electron chi connectivity index (χ3n) is 4.00. The molecule has 1 heterocycles. The summed E-state index contributed by atoms with van der Waals surface area (Å²) in [5.41, 5.74) is 3.52. The van der Waals surface area contributed by atoms with Gasteiger partial charge in [-0.05, 0) is 61.9 Å². The molecule has 1 aromatic heterocycles. The molecule has 128 valence electrons. The molecule has 0 fully saturated rings. The van der Waals surface area contributed by atoms with E-state index in [-0.39, 0.29) is 11.6 Å². The SMILES string of the molecule is CNCc1ccc(C)c(-c2nc(-c3ccc(F)c(C)c3)nc(=O)[nH]2)c1. The Labute approximate surface area is 145 Å². The third kappa shape index (κ3) is 3.64. The first-order valence-electron chi connectivity index (χ1n) is 7.97. The van der Waals surface area contributed by atoms with Crippen molar-refractivity contribution in [2.45, 2.75) is 20.4 Å². The third-order valence-corrected chi connectivity index (χ3v) is 4.00. The minimum Gasteiger partial charge on any atom is -0.316 e. The summed E-state index contributed by atoms with van der Waals surface area (Å²) in [7, 11) is 1.88. The Kier molecular flexibility index (Phi) is 4.72. The number of aryl methyl sites for hydroxylation is 2. The number of rotatable bonds is 4. The summed E-state index contributed by atoms with van der Waals surface area (Å²) in [4.78, 5) is 23.2. The van der Waals surface area contributed by atoms with Crippen LogP contribution in [0.1, 0.15) is 16.7 Å². The molecule has 0 aliphatic carbocycles. The van der Waals surface area contributed by atoms with E-state index < -0.39 is 5.69 Å². The fourth-order valence-corrected chi connectivity index (χ4v) is 2.66. The van der Waals surface area contributed by atoms with E-state index in [1.807, 2.05) is 32.2 Å². The van der Waals surface area contributed by atoms with Crippen molar-refractivity contribution in [3.63, 3.8) is 0 Å². The number of nitrogens with one attached hydrogen (secondary N) is 2. The number of benzene rings is 2. The molecule has 3 rings (SSSR count). The van der Waals surface area contributed by atoms with Gasteiger partial charge >= 0.3 is 5.69 Å². The largest absolute Gasteiger partial charge is 0.348 e. The van der Waals surface area contributed by atoms with Crippen molar-refractivity contribution in [1.82, 2.24) is 20.3 Å². The molecule has 0 aliphatic heterocycles. The van der Waals surface area contributed by atoms with E-state index in [4.69, 9.17) is 0 Å². The molecule has 0 amide bonds. The molecule has 0 unspecified atom stereocenters. The lowest BCUT2D eigenvalue weighted by Gasteiger charge is -2.09. The standard InChI is InChI=1S/C19H19FN4O/c1-11-4-5-13(10-21-3)9-15(11)18-22-17(23-19(25)24-18)14-6-7-16(20)12(2)8-14/h4-9,21H,10H2,1-3H3,(H,22,23,24,25). The summed E-state index contributed by atoms with van der Waals surface area (Å²) in [6.07, 6.45) is 0. The van der Waals surface area contributed by atoms with Gasteiger partial charge in [0.25, 0.3) is 0 Å². The Balaban J connectivity index is 2.13. The first kappa shape index (κ1) is 17.0. The minimum absolute atomic E-state index is 0.278. The normalized spacial score (nSPS) is 10.9. The van der Waals surface area contributed by atoms with E-state index in [9.17, 15) is 9.18 Å². The Bertz CT molecular complexity index is 981. The highest BCUT2D eigenvalue weighted by atomic mass is 19.1. The summed E-state index contributed by atoms with van der Waals surface area (Å²) in [5, 5.41) is 3.10. The zero-order valence-corrected chi connectivity index (χ0v) is 14.4. The molecule has 25 heavy (non-hydrogen) atoms. The molecule has 2 N–H and O–H groups in total. The Morgan fingerprint density at radius 1 is 1.08 bits per heavy atom. The van der Waals surface area contributed by atoms with Crippen LogP contribution in [-0.4, -0.2) is 22.0 Å². The Morgan fingerprint density at radius 2 is 1.88 bits per heavy atom. The topological polar surface area (TPSA) is 70.7 Å². The van der Waals surface area contributed by atoms with Crippen LogP contribution in [0.15, 0.2) is 41.2 Å². The number of H-pyrrole nitrogens is 1. The highest BCUT2D eigenvalue weighted by Gasteiger charge is 2.11. The van der Waals surface area contributed by atoms with Gasteiger partial charge in [0.05, 0.1) is 0 Å². The van der Waals surface area contributed by atoms with E-state index in [1.54, 1.807) is 19.1 Å². The molecule has 0 saturated heterocycles. The fraction of sp³-hybridized carbons (Fsp3) is 0.211. The number of aromatic amines is 1. The molecule has 0 saturated carbocycles. The molecule has 0 radical (unpaired) electrons. The van der Waals surface area contributed by atoms with E-state index in [1.165, 1.54) is 6.07 Å². The van der Waals surface area contributed by atoms with Crippen LogP contribution in [0.5, 0.6) is 0 Å². The van der Waals surface area contributed by atoms with Gasteiger partial charge in [0.2, 0.25) is 0 Å². The maximum Gasteiger partial charge on any atom is 0.348 e. The molecule has 3 aromatic rings. The second-order valence-electron chi connectivity index (χ2n) is 5.97. The molecule has 6 heteroatoms. The Hall–Kier alpha value is -2.86. The van der Waals surface area contributed by atoms with Gasteiger partial charge in [0.15, 0.2) is 5.82 Å². The van der Waals surface area contributed by atoms with Gasteiger partial charge in [0, 0.05) is 17.7 Å². The summed E-state index contributed by atoms with van der Waals surface area (Å²) < 4.78 is 13.5. The minimum atomic E-state index is -0.486. The van der Waals surface area contributed by atoms with Crippen molar-refractivity contribution in [2.75, 3.05) is 7.05 Å². The van der Waals surface area contributed by atoms with Gasteiger partial charge in [-0.1, -0.05) is 12.1 Å². The van der Waals surface area contributed by atoms with Crippen molar-refractivity contribution in [3.8, 4) is 22.8 Å². The number of aromatic nitrogens is 3. The molecular weight excluding hydrogens is 319 g/mol. The van der Waals surface area contributed by atoms with Gasteiger partial charge < -0.3 is 5.32 Å². The average molecular weight is 338 g/mol. The van der Waals surface area contributed by atoms with Gasteiger partial charge in [-0.3, -0.25) is 4.98 Å². The molecule has 0 aliphatic rings. The van der Waals surface area contributed by atoms with E-state index in [0.717, 1.165) is 16.7 Å². The van der Waals surface area contributed by atoms with Crippen LogP contribution in [0.25, 0.3) is 22.8 Å². The van der Waals surface area contributed by atoms with E-state index >= 15 is 0 Å². The number of hydrogen-bond donors (Lipinski definition) is 2. The predicted molar refractivity (Wildman–Crippen MR) is 95.7 cm³/mol. The van der Waals surface area contributed by atoms with Gasteiger partial charge in [-0.2, -0.15) is 4.98 Å². The van der Waals surface area contributed by atoms with Crippen LogP contribution in [0.3, 0.4) is 0 Å². The van der Waals surface area contributed by atoms with Gasteiger partial charge in [-0.15, -0.1) is 0 Å². The molecule has 0 spiro atoms. The monoisotopic (exact) mass is 338 g/mol. The molecule has 0 bridgehead atoms. The van der Waals surface area contributed by atoms with E-state index in [0.29, 0.717) is 23.5 Å². The van der Waals surface area contributed by atoms with Crippen LogP contribution in [0.4, 0.5) is 4.39 Å². The average Bonchev–Trinajstić information content (AvgIpc) is 2.58. The van der Waals surface area contributed by atoms with Crippen LogP contribution in [-0.2, 0) is 6.54 Å². The quantitative estimate of drug-likeness (QED) is 0.767. The van der Waals surface area contributed by atoms with Crippen LogP contribution in [0, 0.1) is 19.7 Å². The van der Waals surface area contributed by atoms with Crippen molar-refractivity contribution < 1.29 is 4.39 Å². The van der Waals surface area contributed by atoms with Crippen molar-refractivity contribution >= 4 is 0 Å². The smallest absolute Gasteiger partial charge is 0.316 e. The zero-order valence-electron chi connectivity index (χ0n) is 14.4. The lowest BCUT2D eigenvalue weighted by Crippen LogP contribution is -2.15. The maximum absolute atomic E-state index is 13.5. The van der Waals surface area contributed by atoms with Crippen molar-refractivity contribution in [1.29, 1.82) is 0 Å². The van der Waals surface area contributed by atoms with E-state index in [2.05, 4.69) is 20.3 Å². The lowest BCUT2D eigenvalue weighted by molar-refractivity contribution is 0.618. The molecule has 2 aromatic carbocycles. The number of hydrogen-bond acceptors (Lipinski definition) is 4. The maximum atomic E-state index is 13.5. The van der Waals surface area contributed by atoms with Crippen LogP contribution >= 0.6 is 0 Å². The Morgan fingerprint density at radius 3 is 2.60 bits per heavy atom. The van der Waals surface area contributed by atoms with Crippen molar-refractivity contribution in [3.05, 3.63) is 69.4 Å². The first-order chi connectivity index (χ1) is 12.0. The van der Waals surface area contributed by atoms with Crippen LogP contribution < -0.4 is 11.0 Å². The lowest BCUT2D eigenvalue weighted by atomic mass is 10.0. The summed E-state index contributed by atoms with van der Waals surface area (Å²) in [6.45, 7) is 4.34. The van der Waals surface area contributed by atoms with Crippen molar-refractivity contribution in [2.24, 2.45) is 0 Å². The molecular formula is C19H19FN4O. The number of halogens is 1. The summed E-state index contributed by atoms with van der Waals surface area (Å²) in [6, 6.07) is 10.6.